The van der Waals surface area contributed by atoms with Crippen molar-refractivity contribution in [1.82, 2.24) is 10.6 Å². The monoisotopic (exact) mass is 394 g/mol. The number of hydrogen-bond donors (Lipinski definition) is 2. The average molecular weight is 394 g/mol. The molecule has 2 rings (SSSR count). The van der Waals surface area contributed by atoms with Crippen LogP contribution in [0.3, 0.4) is 0 Å². The van der Waals surface area contributed by atoms with Crippen LogP contribution in [0.5, 0.6) is 11.5 Å². The van der Waals surface area contributed by atoms with E-state index in [-0.39, 0.29) is 24.4 Å². The summed E-state index contributed by atoms with van der Waals surface area (Å²) < 4.78 is 49.9. The number of alkyl halides is 3. The predicted molar refractivity (Wildman–Crippen MR) is 99.2 cm³/mol. The zero-order valence-corrected chi connectivity index (χ0v) is 15.3. The zero-order valence-electron chi connectivity index (χ0n) is 15.3. The predicted octanol–water partition coefficient (Wildman–Crippen LogP) is 4.28. The van der Waals surface area contributed by atoms with Crippen LogP contribution in [0, 0.1) is 0 Å². The Balaban J connectivity index is 1.98. The van der Waals surface area contributed by atoms with Gasteiger partial charge in [-0.3, -0.25) is 0 Å². The Morgan fingerprint density at radius 3 is 2.43 bits per heavy atom. The Kier molecular flexibility index (Phi) is 7.31. The zero-order chi connectivity index (χ0) is 20.6. The first-order valence-corrected chi connectivity index (χ1v) is 8.42. The Labute approximate surface area is 161 Å². The highest BCUT2D eigenvalue weighted by Gasteiger charge is 2.33. The van der Waals surface area contributed by atoms with Crippen molar-refractivity contribution in [1.29, 1.82) is 0 Å². The molecule has 5 nitrogen and oxygen atoms in total. The number of rotatable bonds is 8. The number of urea groups is 1. The number of para-hydroxylation sites is 1. The number of methoxy groups -OCH3 is 1. The van der Waals surface area contributed by atoms with Crippen LogP contribution in [0.1, 0.15) is 16.7 Å². The lowest BCUT2D eigenvalue weighted by molar-refractivity contribution is -0.138. The first-order valence-electron chi connectivity index (χ1n) is 8.42. The molecule has 2 aromatic rings. The minimum absolute atomic E-state index is 0.0573. The highest BCUT2D eigenvalue weighted by molar-refractivity contribution is 5.74. The molecule has 2 amide bonds. The second kappa shape index (κ2) is 9.68. The van der Waals surface area contributed by atoms with Gasteiger partial charge in [0.1, 0.15) is 18.1 Å². The summed E-state index contributed by atoms with van der Waals surface area (Å²) in [7, 11) is 1.29. The Morgan fingerprint density at radius 1 is 1.11 bits per heavy atom. The highest BCUT2D eigenvalue weighted by atomic mass is 19.4. The molecule has 0 saturated carbocycles. The summed E-state index contributed by atoms with van der Waals surface area (Å²) in [5.41, 5.74) is -0.173. The van der Waals surface area contributed by atoms with Crippen molar-refractivity contribution in [2.75, 3.05) is 13.7 Å². The molecule has 0 unspecified atom stereocenters. The summed E-state index contributed by atoms with van der Waals surface area (Å²) in [6.45, 7) is 3.78. The van der Waals surface area contributed by atoms with Gasteiger partial charge in [0.05, 0.1) is 12.7 Å². The first-order chi connectivity index (χ1) is 13.3. The molecule has 150 valence electrons. The number of carbonyl (C=O) groups is 1. The molecule has 8 heteroatoms. The number of ether oxygens (including phenoxy) is 2. The average Bonchev–Trinajstić information content (AvgIpc) is 2.68. The number of benzene rings is 2. The fourth-order valence-corrected chi connectivity index (χ4v) is 2.45. The summed E-state index contributed by atoms with van der Waals surface area (Å²) in [6, 6.07) is 10.1. The summed E-state index contributed by atoms with van der Waals surface area (Å²) in [4.78, 5) is 12.0. The van der Waals surface area contributed by atoms with Gasteiger partial charge in [-0.15, -0.1) is 0 Å². The summed E-state index contributed by atoms with van der Waals surface area (Å²) in [5.74, 6) is 0.689. The Morgan fingerprint density at radius 2 is 1.79 bits per heavy atom. The molecule has 0 aliphatic rings. The second-order valence-electron chi connectivity index (χ2n) is 5.76. The second-order valence-corrected chi connectivity index (χ2v) is 5.76. The van der Waals surface area contributed by atoms with E-state index in [0.29, 0.717) is 12.4 Å². The van der Waals surface area contributed by atoms with Crippen LogP contribution in [-0.4, -0.2) is 19.7 Å². The number of hydrogen-bond acceptors (Lipinski definition) is 3. The molecule has 0 heterocycles. The maximum Gasteiger partial charge on any atom is 0.416 e. The Bertz CT molecular complexity index is 823. The molecule has 28 heavy (non-hydrogen) atoms. The van der Waals surface area contributed by atoms with E-state index in [2.05, 4.69) is 17.2 Å². The molecule has 2 aromatic carbocycles. The van der Waals surface area contributed by atoms with E-state index in [1.807, 2.05) is 0 Å². The van der Waals surface area contributed by atoms with Crippen molar-refractivity contribution in [2.24, 2.45) is 0 Å². The normalized spacial score (nSPS) is 10.9. The van der Waals surface area contributed by atoms with Gasteiger partial charge in [-0.2, -0.15) is 13.2 Å². The van der Waals surface area contributed by atoms with Crippen molar-refractivity contribution >= 4 is 6.03 Å². The molecular formula is C20H21F3N2O3. The van der Waals surface area contributed by atoms with Gasteiger partial charge in [-0.05, 0) is 23.8 Å². The van der Waals surface area contributed by atoms with Crippen molar-refractivity contribution in [2.45, 2.75) is 19.3 Å². The number of halogens is 3. The van der Waals surface area contributed by atoms with Gasteiger partial charge in [-0.25, -0.2) is 4.79 Å². The van der Waals surface area contributed by atoms with Crippen molar-refractivity contribution in [3.63, 3.8) is 0 Å². The van der Waals surface area contributed by atoms with Crippen LogP contribution in [0.15, 0.2) is 55.1 Å². The van der Waals surface area contributed by atoms with Gasteiger partial charge >= 0.3 is 12.2 Å². The third-order valence-electron chi connectivity index (χ3n) is 3.83. The number of nitrogens with one attached hydrogen (secondary N) is 2. The van der Waals surface area contributed by atoms with Gasteiger partial charge in [-0.1, -0.05) is 36.9 Å². The van der Waals surface area contributed by atoms with Crippen LogP contribution >= 0.6 is 0 Å². The number of amides is 2. The molecule has 0 atom stereocenters. The van der Waals surface area contributed by atoms with E-state index in [1.165, 1.54) is 19.2 Å². The topological polar surface area (TPSA) is 59.6 Å². The minimum Gasteiger partial charge on any atom is -0.497 e. The van der Waals surface area contributed by atoms with Crippen LogP contribution in [0.2, 0.25) is 0 Å². The van der Waals surface area contributed by atoms with Gasteiger partial charge in [0, 0.05) is 18.7 Å². The van der Waals surface area contributed by atoms with E-state index in [0.717, 1.165) is 11.6 Å². The van der Waals surface area contributed by atoms with E-state index >= 15 is 0 Å². The van der Waals surface area contributed by atoms with E-state index in [1.54, 1.807) is 30.3 Å². The molecule has 0 spiro atoms. The molecular weight excluding hydrogens is 373 g/mol. The summed E-state index contributed by atoms with van der Waals surface area (Å²) in [5, 5.41) is 5.04. The molecule has 0 saturated heterocycles. The lowest BCUT2D eigenvalue weighted by Crippen LogP contribution is -2.35. The van der Waals surface area contributed by atoms with E-state index < -0.39 is 17.8 Å². The number of carbonyl (C=O) groups excluding carboxylic acids is 1. The lowest BCUT2D eigenvalue weighted by atomic mass is 10.1. The van der Waals surface area contributed by atoms with Crippen LogP contribution in [-0.2, 0) is 19.3 Å². The molecule has 0 bridgehead atoms. The highest BCUT2D eigenvalue weighted by Crippen LogP contribution is 2.34. The summed E-state index contributed by atoms with van der Waals surface area (Å²) in [6.07, 6.45) is -2.95. The van der Waals surface area contributed by atoms with Gasteiger partial charge in [0.25, 0.3) is 0 Å². The fraction of sp³-hybridized carbons (Fsp3) is 0.250. The molecule has 2 N–H and O–H groups in total. The van der Waals surface area contributed by atoms with E-state index in [9.17, 15) is 18.0 Å². The SMILES string of the molecule is C=CCOc1ccccc1CNC(=O)NCc1ccc(OC)cc1C(F)(F)F. The van der Waals surface area contributed by atoms with Gasteiger partial charge < -0.3 is 20.1 Å². The molecule has 0 fully saturated rings. The molecule has 0 aromatic heterocycles. The van der Waals surface area contributed by atoms with Gasteiger partial charge in [0.15, 0.2) is 0 Å². The standard InChI is InChI=1S/C20H21F3N2O3/c1-3-10-28-18-7-5-4-6-15(18)13-25-19(26)24-12-14-8-9-16(27-2)11-17(14)20(21,22)23/h3-9,11H,1,10,12-13H2,2H3,(H2,24,25,26). The molecule has 0 aliphatic carbocycles. The lowest BCUT2D eigenvalue weighted by Gasteiger charge is -2.15. The molecule has 0 radical (unpaired) electrons. The van der Waals surface area contributed by atoms with Crippen LogP contribution < -0.4 is 20.1 Å². The summed E-state index contributed by atoms with van der Waals surface area (Å²) >= 11 is 0. The smallest absolute Gasteiger partial charge is 0.416 e. The minimum atomic E-state index is -4.55. The van der Waals surface area contributed by atoms with Gasteiger partial charge in [0.2, 0.25) is 0 Å². The largest absolute Gasteiger partial charge is 0.497 e. The van der Waals surface area contributed by atoms with Crippen molar-refractivity contribution in [3.8, 4) is 11.5 Å². The van der Waals surface area contributed by atoms with Crippen LogP contribution in [0.25, 0.3) is 0 Å². The van der Waals surface area contributed by atoms with Crippen molar-refractivity contribution < 1.29 is 27.4 Å². The van der Waals surface area contributed by atoms with E-state index in [4.69, 9.17) is 9.47 Å². The maximum absolute atomic E-state index is 13.2. The first kappa shape index (κ1) is 21.1. The van der Waals surface area contributed by atoms with Crippen molar-refractivity contribution in [3.05, 3.63) is 71.8 Å². The fourth-order valence-electron chi connectivity index (χ4n) is 2.45. The quantitative estimate of drug-likeness (QED) is 0.657. The third-order valence-corrected chi connectivity index (χ3v) is 3.83. The third kappa shape index (κ3) is 5.94. The molecule has 0 aliphatic heterocycles. The van der Waals surface area contributed by atoms with Crippen LogP contribution in [0.4, 0.5) is 18.0 Å². The maximum atomic E-state index is 13.2. The Hall–Kier alpha value is -3.16.